The van der Waals surface area contributed by atoms with E-state index in [-0.39, 0.29) is 86.0 Å². The summed E-state index contributed by atoms with van der Waals surface area (Å²) in [6.45, 7) is 0. The first kappa shape index (κ1) is 122. The molecule has 0 saturated heterocycles. The Balaban J connectivity index is 0.000000237. The molecule has 0 aromatic heterocycles. The van der Waals surface area contributed by atoms with Gasteiger partial charge in [0.15, 0.2) is 73.0 Å². The van der Waals surface area contributed by atoms with Crippen LogP contribution in [0.3, 0.4) is 0 Å². The predicted molar refractivity (Wildman–Crippen MR) is 516 cm³/mol. The average Bonchev–Trinajstić information content (AvgIpc) is 0.795. The fourth-order valence-corrected chi connectivity index (χ4v) is 26.0. The topological polar surface area (TPSA) is 18.5 Å². The summed E-state index contributed by atoms with van der Waals surface area (Å²) in [5.74, 6) is 3.34. The van der Waals surface area contributed by atoms with Crippen LogP contribution in [0.25, 0.3) is 0 Å². The van der Waals surface area contributed by atoms with E-state index in [4.69, 9.17) is 9.47 Å². The Morgan fingerprint density at radius 1 is 0.135 bits per heavy atom. The van der Waals surface area contributed by atoms with Gasteiger partial charge in [0.05, 0.1) is 43.6 Å². The summed E-state index contributed by atoms with van der Waals surface area (Å²) in [7, 11) is -64.6. The molecule has 52 heteroatoms. The van der Waals surface area contributed by atoms with Crippen LogP contribution >= 0.6 is 70.4 Å². The summed E-state index contributed by atoms with van der Waals surface area (Å²) in [5, 5.41) is 0. The van der Waals surface area contributed by atoms with Crippen molar-refractivity contribution < 1.29 is 203 Å². The van der Waals surface area contributed by atoms with Crippen molar-refractivity contribution in [2.24, 2.45) is 0 Å². The van der Waals surface area contributed by atoms with Gasteiger partial charge >= 0.3 is 240 Å². The molecule has 0 bridgehead atoms. The largest absolute Gasteiger partial charge is 0.457 e. The fraction of sp³-hybridized carbons (Fsp3) is 0. The molecule has 0 aliphatic heterocycles. The third-order valence-electron chi connectivity index (χ3n) is 16.7. The number of benzene rings is 16. The maximum atomic E-state index is 9.87. The van der Waals surface area contributed by atoms with Gasteiger partial charge in [0.25, 0.3) is 0 Å². The van der Waals surface area contributed by atoms with Gasteiger partial charge in [0.1, 0.15) is 23.0 Å². The molecule has 0 atom stereocenters. The second-order valence-corrected chi connectivity index (χ2v) is 57.7. The number of rotatable bonds is 24. The minimum absolute atomic E-state index is 0.126. The van der Waals surface area contributed by atoms with E-state index in [0.717, 1.165) is 23.0 Å². The van der Waals surface area contributed by atoms with Crippen LogP contribution in [0, 0.1) is 14.3 Å². The summed E-state index contributed by atoms with van der Waals surface area (Å²) in [5.41, 5.74) is 0. The second kappa shape index (κ2) is 43.7. The van der Waals surface area contributed by atoms with Crippen molar-refractivity contribution in [3.05, 3.63) is 451 Å². The first-order valence-corrected chi connectivity index (χ1v) is 63.8. The molecule has 0 saturated carbocycles. The minimum Gasteiger partial charge on any atom is -0.457 e. The van der Waals surface area contributed by atoms with Crippen molar-refractivity contribution in [1.82, 2.24) is 0 Å². The van der Waals surface area contributed by atoms with Crippen LogP contribution in [-0.4, -0.2) is 0 Å². The average molecular weight is 2570 g/mol. The molecule has 0 aliphatic carbocycles. The molecule has 800 valence electrons. The summed E-state index contributed by atoms with van der Waals surface area (Å²) in [4.78, 5) is 20.8. The third kappa shape index (κ3) is 58.9. The first-order valence-electron chi connectivity index (χ1n) is 40.8. The van der Waals surface area contributed by atoms with E-state index in [0.29, 0.717) is 0 Å². The SMILES string of the molecule is F[P-](F)(F)(F)(F)F.F[P-](F)(F)(F)(F)F.F[P-](F)(F)(F)(F)F.F[P-](F)(F)(F)(F)F.F[P-](F)(F)(F)(F)F.F[P-](F)(F)(F)(F)F.c1ccc([S+](c2ccccc2)c2ccc(Oc3ccc([I+]c4ccc(Oc5ccc([S+](c6ccccc6)c6ccccc6)cc5)cc4)cc3)cc2)cc1.c1ccc([S+](c2ccccc2)c2ccc(Sc3ccc([I+]c4ccc(Sc5ccc([S+](c6ccccc6)c6ccccc6)cc5)cc4)cc3)cc2)cc1. The summed E-state index contributed by atoms with van der Waals surface area (Å²) < 4.78 is 373. The number of halogens is 38. The Kier molecular flexibility index (Phi) is 36.1. The number of hydrogen-bond acceptors (Lipinski definition) is 4. The van der Waals surface area contributed by atoms with Gasteiger partial charge in [-0.2, -0.15) is 0 Å². The van der Waals surface area contributed by atoms with Crippen molar-refractivity contribution in [2.75, 3.05) is 0 Å². The molecule has 0 fully saturated rings. The summed E-state index contributed by atoms with van der Waals surface area (Å²) >= 11 is 3.07. The molecule has 0 N–H and O–H groups in total. The molecule has 148 heavy (non-hydrogen) atoms. The molecule has 0 spiro atoms. The van der Waals surface area contributed by atoms with Crippen LogP contribution in [-0.2, 0) is 43.6 Å². The molecule has 0 radical (unpaired) electrons. The molecular weight excluding hydrogens is 2500 g/mol. The van der Waals surface area contributed by atoms with Gasteiger partial charge in [-0.3, -0.25) is 0 Å². The van der Waals surface area contributed by atoms with Crippen LogP contribution < -0.4 is 51.9 Å². The number of ether oxygens (including phenoxy) is 2. The quantitative estimate of drug-likeness (QED) is 0.0260. The Hall–Kier alpha value is -9.26. The zero-order chi connectivity index (χ0) is 110. The molecule has 0 heterocycles. The smallest absolute Gasteiger partial charge is 0.357 e. The summed E-state index contributed by atoms with van der Waals surface area (Å²) in [6, 6.07) is 157. The standard InChI is InChI=1S/C48H36IO2S2.C48H36IS4.6F6P/c2*1-5-13-43(14-6-1)52(44-15-7-2-8-16-44)47-33-29-41(30-34-47)50-39-25-21-37(22-26-39)49-38-23-27-40(28-24-38)51-42-31-35-48(36-32-42)53(45-17-9-3-10-18-45)46-19-11-4-12-20-46;6*1-7(2,3,4,5)6/h2*1-36H;;;;;;/q2*+3;6*-1. The van der Waals surface area contributed by atoms with Crippen LogP contribution in [0.2, 0.25) is 0 Å². The molecule has 0 amide bonds. The Bertz CT molecular complexity index is 5860. The Labute approximate surface area is 862 Å². The van der Waals surface area contributed by atoms with Gasteiger partial charge in [0.2, 0.25) is 0 Å². The first-order chi connectivity index (χ1) is 67.2. The van der Waals surface area contributed by atoms with Crippen molar-refractivity contribution in [3.8, 4) is 23.0 Å². The van der Waals surface area contributed by atoms with Gasteiger partial charge in [-0.15, -0.1) is 0 Å². The Morgan fingerprint density at radius 2 is 0.236 bits per heavy atom. The van der Waals surface area contributed by atoms with Crippen molar-refractivity contribution in [1.29, 1.82) is 0 Å². The van der Waals surface area contributed by atoms with Gasteiger partial charge in [-0.1, -0.05) is 169 Å². The van der Waals surface area contributed by atoms with E-state index in [9.17, 15) is 151 Å². The molecule has 0 unspecified atom stereocenters. The zero-order valence-electron chi connectivity index (χ0n) is 73.9. The van der Waals surface area contributed by atoms with E-state index >= 15 is 0 Å². The third-order valence-corrected chi connectivity index (χ3v) is 33.0. The van der Waals surface area contributed by atoms with Crippen molar-refractivity contribution in [2.45, 2.75) is 78.3 Å². The van der Waals surface area contributed by atoms with E-state index in [1.165, 1.54) is 92.6 Å². The molecule has 16 aromatic carbocycles. The van der Waals surface area contributed by atoms with Gasteiger partial charge in [-0.25, -0.2) is 0 Å². The van der Waals surface area contributed by atoms with Gasteiger partial charge in [0, 0.05) is 19.6 Å². The van der Waals surface area contributed by atoms with Crippen LogP contribution in [0.4, 0.5) is 151 Å². The van der Waals surface area contributed by atoms with Crippen LogP contribution in [0.15, 0.2) is 515 Å². The van der Waals surface area contributed by atoms with Gasteiger partial charge in [-0.05, 0) is 291 Å². The maximum Gasteiger partial charge on any atom is 0.357 e. The maximum absolute atomic E-state index is 10.7. The molecule has 16 rings (SSSR count). The number of hydrogen-bond donors (Lipinski definition) is 0. The fourth-order valence-electron chi connectivity index (χ4n) is 11.7. The molecule has 2 nitrogen and oxygen atoms in total. The van der Waals surface area contributed by atoms with E-state index in [1.807, 2.05) is 23.5 Å². The minimum atomic E-state index is -10.7. The van der Waals surface area contributed by atoms with Crippen molar-refractivity contribution >= 4 is 114 Å². The normalized spacial score (nSPS) is 14.5. The van der Waals surface area contributed by atoms with Gasteiger partial charge < -0.3 is 9.47 Å². The van der Waals surface area contributed by atoms with Crippen LogP contribution in [0.1, 0.15) is 0 Å². The molecule has 16 aromatic rings. The zero-order valence-corrected chi connectivity index (χ0v) is 88.5. The summed E-state index contributed by atoms with van der Waals surface area (Å²) in [6.07, 6.45) is 0. The molecule has 0 aliphatic rings. The Morgan fingerprint density at radius 3 is 0.372 bits per heavy atom. The van der Waals surface area contributed by atoms with Crippen LogP contribution in [0.5, 0.6) is 23.0 Å². The second-order valence-electron chi connectivity index (χ2n) is 29.8. The van der Waals surface area contributed by atoms with E-state index < -0.39 is 46.9 Å². The van der Waals surface area contributed by atoms with E-state index in [1.54, 1.807) is 0 Å². The molecular formula is C96H72F36I2O2P6S6. The predicted octanol–water partition coefficient (Wildman–Crippen LogP) is 40.2. The monoisotopic (exact) mass is 2570 g/mol. The van der Waals surface area contributed by atoms with E-state index in [2.05, 4.69) is 437 Å². The van der Waals surface area contributed by atoms with Crippen molar-refractivity contribution in [3.63, 3.8) is 0 Å².